The van der Waals surface area contributed by atoms with Crippen molar-refractivity contribution in [3.63, 3.8) is 0 Å². The van der Waals surface area contributed by atoms with Gasteiger partial charge in [0.05, 0.1) is 5.92 Å². The highest BCUT2D eigenvalue weighted by atomic mass is 19.1. The van der Waals surface area contributed by atoms with Crippen LogP contribution in [-0.2, 0) is 16.9 Å². The molecular formula is C25H22FN3O4. The van der Waals surface area contributed by atoms with Crippen LogP contribution in [0.2, 0.25) is 0 Å². The van der Waals surface area contributed by atoms with Crippen molar-refractivity contribution in [2.24, 2.45) is 0 Å². The number of anilines is 1. The van der Waals surface area contributed by atoms with E-state index in [9.17, 15) is 19.3 Å². The zero-order valence-electron chi connectivity index (χ0n) is 17.9. The molecule has 5 rings (SSSR count). The molecule has 7 nitrogen and oxygen atoms in total. The molecule has 0 bridgehead atoms. The first kappa shape index (κ1) is 21.1. The van der Waals surface area contributed by atoms with E-state index >= 15 is 0 Å². The molecule has 1 spiro atoms. The predicted molar refractivity (Wildman–Crippen MR) is 120 cm³/mol. The van der Waals surface area contributed by atoms with Gasteiger partial charge in [-0.15, -0.1) is 0 Å². The first-order chi connectivity index (χ1) is 15.9. The lowest BCUT2D eigenvalue weighted by atomic mass is 9.79. The number of carbonyl (C=O) groups excluding carboxylic acids is 1. The van der Waals surface area contributed by atoms with Gasteiger partial charge >= 0.3 is 0 Å². The smallest absolute Gasteiger partial charge is 0.256 e. The van der Waals surface area contributed by atoms with Crippen molar-refractivity contribution < 1.29 is 18.8 Å². The molecule has 3 aromatic carbocycles. The number of ether oxygens (including phenoxy) is 1. The van der Waals surface area contributed by atoms with E-state index in [1.54, 1.807) is 72.6 Å². The van der Waals surface area contributed by atoms with Crippen LogP contribution in [0.25, 0.3) is 0 Å². The Bertz CT molecular complexity index is 1250. The number of likely N-dealkylation sites (N-methyl/N-ethyl adjacent to an activating group) is 1. The Morgan fingerprint density at radius 1 is 1.15 bits per heavy atom. The molecule has 0 aromatic heterocycles. The molecule has 33 heavy (non-hydrogen) atoms. The molecular weight excluding hydrogens is 425 g/mol. The van der Waals surface area contributed by atoms with E-state index in [0.717, 1.165) is 0 Å². The highest BCUT2D eigenvalue weighted by Crippen LogP contribution is 2.52. The maximum Gasteiger partial charge on any atom is 0.256 e. The summed E-state index contributed by atoms with van der Waals surface area (Å²) in [6.07, 6.45) is 0. The fourth-order valence-electron chi connectivity index (χ4n) is 5.27. The lowest BCUT2D eigenvalue weighted by molar-refractivity contribution is -0.534. The van der Waals surface area contributed by atoms with Crippen LogP contribution in [0.1, 0.15) is 22.6 Å². The fourth-order valence-corrected chi connectivity index (χ4v) is 5.27. The number of nitrogens with one attached hydrogen (secondary N) is 1. The van der Waals surface area contributed by atoms with Gasteiger partial charge in [-0.3, -0.25) is 19.8 Å². The highest BCUT2D eigenvalue weighted by Gasteiger charge is 2.68. The molecule has 168 valence electrons. The van der Waals surface area contributed by atoms with Crippen molar-refractivity contribution in [2.45, 2.75) is 24.1 Å². The second-order valence-corrected chi connectivity index (χ2v) is 8.44. The van der Waals surface area contributed by atoms with Gasteiger partial charge in [-0.05, 0) is 36.9 Å². The molecule has 3 aromatic rings. The number of likely N-dealkylation sites (tertiary alicyclic amines) is 1. The van der Waals surface area contributed by atoms with E-state index in [-0.39, 0.29) is 17.3 Å². The fraction of sp³-hybridized carbons (Fsp3) is 0.240. The first-order valence-electron chi connectivity index (χ1n) is 10.6. The van der Waals surface area contributed by atoms with Crippen LogP contribution in [0, 0.1) is 15.9 Å². The monoisotopic (exact) mass is 447 g/mol. The van der Waals surface area contributed by atoms with Gasteiger partial charge in [-0.1, -0.05) is 48.5 Å². The second-order valence-electron chi connectivity index (χ2n) is 8.44. The molecule has 2 aliphatic heterocycles. The lowest BCUT2D eigenvalue weighted by Gasteiger charge is -2.30. The zero-order valence-corrected chi connectivity index (χ0v) is 17.9. The van der Waals surface area contributed by atoms with Crippen LogP contribution in [0.15, 0.2) is 72.8 Å². The number of rotatable bonds is 5. The minimum Gasteiger partial charge on any atom is -0.489 e. The van der Waals surface area contributed by atoms with Crippen LogP contribution in [0.3, 0.4) is 0 Å². The number of fused-ring (bicyclic) bond motifs is 2. The summed E-state index contributed by atoms with van der Waals surface area (Å²) in [6, 6.07) is 19.1. The minimum atomic E-state index is -1.42. The van der Waals surface area contributed by atoms with Gasteiger partial charge in [-0.25, -0.2) is 4.39 Å². The maximum atomic E-state index is 13.6. The van der Waals surface area contributed by atoms with Gasteiger partial charge < -0.3 is 10.1 Å². The highest BCUT2D eigenvalue weighted by molar-refractivity contribution is 6.06. The largest absolute Gasteiger partial charge is 0.489 e. The molecule has 1 N–H and O–H groups in total. The average Bonchev–Trinajstić information content (AvgIpc) is 3.28. The number of benzene rings is 3. The molecule has 0 saturated carbocycles. The number of nitro groups is 1. The van der Waals surface area contributed by atoms with Crippen molar-refractivity contribution >= 4 is 11.6 Å². The quantitative estimate of drug-likeness (QED) is 0.473. The number of para-hydroxylation sites is 2. The Balaban J connectivity index is 1.55. The van der Waals surface area contributed by atoms with Crippen LogP contribution in [0.4, 0.5) is 10.1 Å². The summed E-state index contributed by atoms with van der Waals surface area (Å²) in [5.74, 6) is -0.863. The van der Waals surface area contributed by atoms with Crippen LogP contribution < -0.4 is 10.1 Å². The molecule has 2 heterocycles. The van der Waals surface area contributed by atoms with E-state index in [0.29, 0.717) is 34.7 Å². The van der Waals surface area contributed by atoms with Crippen LogP contribution in [0.5, 0.6) is 5.75 Å². The van der Waals surface area contributed by atoms with Gasteiger partial charge in [0.2, 0.25) is 0 Å². The Kier molecular flexibility index (Phi) is 5.09. The van der Waals surface area contributed by atoms with Crippen LogP contribution in [-0.4, -0.2) is 35.4 Å². The van der Waals surface area contributed by atoms with Gasteiger partial charge in [0, 0.05) is 28.3 Å². The van der Waals surface area contributed by atoms with Gasteiger partial charge in [-0.2, -0.15) is 0 Å². The van der Waals surface area contributed by atoms with E-state index in [1.807, 2.05) is 0 Å². The zero-order chi connectivity index (χ0) is 23.2. The van der Waals surface area contributed by atoms with E-state index < -0.39 is 23.4 Å². The SMILES string of the molecule is CN1C[C@H](c2ccccc2OCc2cccc(F)c2)[C@H]([N+](=O)[O-])[C@@]12C(=O)Nc1ccccc12. The molecule has 3 atom stereocenters. The molecule has 2 aliphatic rings. The third-order valence-electron chi connectivity index (χ3n) is 6.64. The lowest BCUT2D eigenvalue weighted by Crippen LogP contribution is -2.54. The number of carbonyl (C=O) groups is 1. The summed E-state index contributed by atoms with van der Waals surface area (Å²) in [5, 5.41) is 15.3. The Morgan fingerprint density at radius 3 is 2.70 bits per heavy atom. The summed E-state index contributed by atoms with van der Waals surface area (Å²) in [7, 11) is 1.74. The van der Waals surface area contributed by atoms with Gasteiger partial charge in [0.25, 0.3) is 11.9 Å². The molecule has 8 heteroatoms. The molecule has 0 aliphatic carbocycles. The topological polar surface area (TPSA) is 84.7 Å². The molecule has 0 radical (unpaired) electrons. The summed E-state index contributed by atoms with van der Waals surface area (Å²) >= 11 is 0. The minimum absolute atomic E-state index is 0.120. The van der Waals surface area contributed by atoms with Gasteiger partial charge in [0.15, 0.2) is 5.54 Å². The van der Waals surface area contributed by atoms with Crippen molar-refractivity contribution in [1.82, 2.24) is 4.90 Å². The maximum absolute atomic E-state index is 13.6. The molecule has 1 fully saturated rings. The average molecular weight is 447 g/mol. The normalized spacial score (nSPS) is 24.0. The number of hydrogen-bond donors (Lipinski definition) is 1. The van der Waals surface area contributed by atoms with Crippen LogP contribution >= 0.6 is 0 Å². The van der Waals surface area contributed by atoms with Crippen molar-refractivity contribution in [2.75, 3.05) is 18.9 Å². The van der Waals surface area contributed by atoms with Crippen molar-refractivity contribution in [1.29, 1.82) is 0 Å². The first-order valence-corrected chi connectivity index (χ1v) is 10.6. The van der Waals surface area contributed by atoms with E-state index in [2.05, 4.69) is 5.32 Å². The molecule has 1 saturated heterocycles. The number of nitrogens with zero attached hydrogens (tertiary/aromatic N) is 2. The van der Waals surface area contributed by atoms with E-state index in [4.69, 9.17) is 4.74 Å². The third kappa shape index (κ3) is 3.25. The molecule has 1 amide bonds. The standard InChI is InChI=1S/C25H22FN3O4/c1-28-14-19(18-9-2-5-12-22(18)33-15-16-7-6-8-17(26)13-16)23(29(31)32)25(28)20-10-3-4-11-21(20)27-24(25)30/h2-13,19,23H,14-15H2,1H3,(H,27,30)/t19-,23+,25+/m1/s1. The summed E-state index contributed by atoms with van der Waals surface area (Å²) in [5.41, 5.74) is 1.09. The Labute approximate surface area is 189 Å². The summed E-state index contributed by atoms with van der Waals surface area (Å²) in [4.78, 5) is 27.2. The predicted octanol–water partition coefficient (Wildman–Crippen LogP) is 3.93. The number of halogens is 1. The Hall–Kier alpha value is -3.78. The van der Waals surface area contributed by atoms with Crippen molar-refractivity contribution in [3.05, 3.63) is 105 Å². The number of hydrogen-bond acceptors (Lipinski definition) is 5. The Morgan fingerprint density at radius 2 is 1.91 bits per heavy atom. The summed E-state index contributed by atoms with van der Waals surface area (Å²) < 4.78 is 19.5. The third-order valence-corrected chi connectivity index (χ3v) is 6.64. The number of amides is 1. The summed E-state index contributed by atoms with van der Waals surface area (Å²) in [6.45, 7) is 0.419. The molecule has 0 unspecified atom stereocenters. The van der Waals surface area contributed by atoms with Crippen molar-refractivity contribution in [3.8, 4) is 5.75 Å². The van der Waals surface area contributed by atoms with Gasteiger partial charge in [0.1, 0.15) is 18.2 Å². The second kappa shape index (κ2) is 7.97. The van der Waals surface area contributed by atoms with E-state index in [1.165, 1.54) is 12.1 Å².